The van der Waals surface area contributed by atoms with Crippen LogP contribution in [0, 0.1) is 5.41 Å². The largest absolute Gasteiger partial charge is 0.349 e. The Morgan fingerprint density at radius 2 is 2.16 bits per heavy atom. The standard InChI is InChI=1S/C15H21BrN2O/c1-11(12-5-4-6-13(16)9-12)18-14(19)15(10-17)7-2-3-8-15/h4-6,9,11H,2-3,7-8,10,17H2,1H3,(H,18,19). The normalized spacial score (nSPS) is 19.1. The first-order valence-corrected chi connectivity index (χ1v) is 7.63. The third kappa shape index (κ3) is 3.18. The molecule has 1 amide bonds. The van der Waals surface area contributed by atoms with E-state index in [0.29, 0.717) is 6.54 Å². The van der Waals surface area contributed by atoms with Gasteiger partial charge in [-0.2, -0.15) is 0 Å². The van der Waals surface area contributed by atoms with Crippen molar-refractivity contribution < 1.29 is 4.79 Å². The summed E-state index contributed by atoms with van der Waals surface area (Å²) >= 11 is 3.45. The second-order valence-corrected chi connectivity index (χ2v) is 6.36. The van der Waals surface area contributed by atoms with Gasteiger partial charge in [0.1, 0.15) is 0 Å². The molecule has 3 nitrogen and oxygen atoms in total. The maximum absolute atomic E-state index is 12.5. The van der Waals surface area contributed by atoms with Crippen LogP contribution >= 0.6 is 15.9 Å². The fourth-order valence-corrected chi connectivity index (χ4v) is 3.20. The summed E-state index contributed by atoms with van der Waals surface area (Å²) in [5.41, 5.74) is 6.61. The van der Waals surface area contributed by atoms with Crippen LogP contribution in [-0.4, -0.2) is 12.5 Å². The number of nitrogens with two attached hydrogens (primary N) is 1. The van der Waals surface area contributed by atoms with E-state index in [2.05, 4.69) is 21.2 Å². The van der Waals surface area contributed by atoms with Crippen LogP contribution in [0.3, 0.4) is 0 Å². The minimum atomic E-state index is -0.333. The number of nitrogens with one attached hydrogen (secondary N) is 1. The van der Waals surface area contributed by atoms with Gasteiger partial charge >= 0.3 is 0 Å². The van der Waals surface area contributed by atoms with E-state index >= 15 is 0 Å². The molecule has 2 rings (SSSR count). The molecular formula is C15H21BrN2O. The highest BCUT2D eigenvalue weighted by Crippen LogP contribution is 2.37. The second-order valence-electron chi connectivity index (χ2n) is 5.44. The molecule has 1 atom stereocenters. The van der Waals surface area contributed by atoms with Crippen LogP contribution in [0.2, 0.25) is 0 Å². The highest BCUT2D eigenvalue weighted by atomic mass is 79.9. The lowest BCUT2D eigenvalue weighted by Crippen LogP contribution is -2.44. The van der Waals surface area contributed by atoms with Crippen LogP contribution in [0.15, 0.2) is 28.7 Å². The molecule has 1 fully saturated rings. The molecular weight excluding hydrogens is 304 g/mol. The summed E-state index contributed by atoms with van der Waals surface area (Å²) in [5.74, 6) is 0.111. The van der Waals surface area contributed by atoms with Gasteiger partial charge in [0.15, 0.2) is 0 Å². The lowest BCUT2D eigenvalue weighted by Gasteiger charge is -2.28. The topological polar surface area (TPSA) is 55.1 Å². The molecule has 4 heteroatoms. The molecule has 104 valence electrons. The van der Waals surface area contributed by atoms with Crippen molar-refractivity contribution in [2.45, 2.75) is 38.6 Å². The number of carbonyl (C=O) groups is 1. The molecule has 0 aromatic heterocycles. The number of carbonyl (C=O) groups excluding carboxylic acids is 1. The van der Waals surface area contributed by atoms with Crippen molar-refractivity contribution in [2.75, 3.05) is 6.54 Å². The monoisotopic (exact) mass is 324 g/mol. The fourth-order valence-electron chi connectivity index (χ4n) is 2.78. The van der Waals surface area contributed by atoms with Crippen LogP contribution in [-0.2, 0) is 4.79 Å². The average molecular weight is 325 g/mol. The van der Waals surface area contributed by atoms with E-state index in [9.17, 15) is 4.79 Å². The molecule has 0 heterocycles. The molecule has 1 aliphatic carbocycles. The Hall–Kier alpha value is -0.870. The van der Waals surface area contributed by atoms with Crippen molar-refractivity contribution in [2.24, 2.45) is 11.1 Å². The number of hydrogen-bond donors (Lipinski definition) is 2. The maximum atomic E-state index is 12.5. The molecule has 0 aliphatic heterocycles. The summed E-state index contributed by atoms with van der Waals surface area (Å²) in [6.07, 6.45) is 4.05. The Kier molecular flexibility index (Phi) is 4.63. The van der Waals surface area contributed by atoms with Gasteiger partial charge in [-0.25, -0.2) is 0 Å². The minimum absolute atomic E-state index is 0.00836. The van der Waals surface area contributed by atoms with Gasteiger partial charge in [0.25, 0.3) is 0 Å². The number of amides is 1. The van der Waals surface area contributed by atoms with Crippen LogP contribution in [0.25, 0.3) is 0 Å². The van der Waals surface area contributed by atoms with Crippen LogP contribution in [0.4, 0.5) is 0 Å². The summed E-state index contributed by atoms with van der Waals surface area (Å²) < 4.78 is 1.03. The quantitative estimate of drug-likeness (QED) is 0.893. The van der Waals surface area contributed by atoms with E-state index < -0.39 is 0 Å². The zero-order valence-electron chi connectivity index (χ0n) is 11.3. The van der Waals surface area contributed by atoms with Gasteiger partial charge in [-0.3, -0.25) is 4.79 Å². The van der Waals surface area contributed by atoms with Crippen molar-refractivity contribution in [3.8, 4) is 0 Å². The van der Waals surface area contributed by atoms with E-state index in [0.717, 1.165) is 35.7 Å². The van der Waals surface area contributed by atoms with Gasteiger partial charge in [0.05, 0.1) is 11.5 Å². The average Bonchev–Trinajstić information content (AvgIpc) is 2.88. The fraction of sp³-hybridized carbons (Fsp3) is 0.533. The van der Waals surface area contributed by atoms with Gasteiger partial charge in [-0.15, -0.1) is 0 Å². The van der Waals surface area contributed by atoms with Crippen molar-refractivity contribution >= 4 is 21.8 Å². The molecule has 19 heavy (non-hydrogen) atoms. The van der Waals surface area contributed by atoms with Gasteiger partial charge in [0.2, 0.25) is 5.91 Å². The molecule has 3 N–H and O–H groups in total. The molecule has 0 spiro atoms. The number of halogens is 1. The smallest absolute Gasteiger partial charge is 0.227 e. The first-order chi connectivity index (χ1) is 9.07. The van der Waals surface area contributed by atoms with E-state index in [1.54, 1.807) is 0 Å². The number of benzene rings is 1. The Morgan fingerprint density at radius 3 is 2.74 bits per heavy atom. The van der Waals surface area contributed by atoms with Gasteiger partial charge in [-0.1, -0.05) is 40.9 Å². The van der Waals surface area contributed by atoms with E-state index in [1.165, 1.54) is 0 Å². The molecule has 1 aliphatic rings. The Bertz CT molecular complexity index is 455. The highest BCUT2D eigenvalue weighted by Gasteiger charge is 2.40. The predicted octanol–water partition coefficient (Wildman–Crippen LogP) is 3.15. The summed E-state index contributed by atoms with van der Waals surface area (Å²) in [4.78, 5) is 12.5. The van der Waals surface area contributed by atoms with E-state index in [-0.39, 0.29) is 17.4 Å². The van der Waals surface area contributed by atoms with E-state index in [1.807, 2.05) is 31.2 Å². The summed E-state index contributed by atoms with van der Waals surface area (Å²) in [7, 11) is 0. The Morgan fingerprint density at radius 1 is 1.47 bits per heavy atom. The molecule has 1 saturated carbocycles. The van der Waals surface area contributed by atoms with Crippen LogP contribution in [0.1, 0.15) is 44.2 Å². The molecule has 0 radical (unpaired) electrons. The van der Waals surface area contributed by atoms with Gasteiger partial charge in [-0.05, 0) is 37.5 Å². The van der Waals surface area contributed by atoms with Crippen molar-refractivity contribution in [1.82, 2.24) is 5.32 Å². The third-order valence-electron chi connectivity index (χ3n) is 4.13. The lowest BCUT2D eigenvalue weighted by atomic mass is 9.85. The van der Waals surface area contributed by atoms with Crippen LogP contribution in [0.5, 0.6) is 0 Å². The zero-order chi connectivity index (χ0) is 13.9. The lowest BCUT2D eigenvalue weighted by molar-refractivity contribution is -0.131. The minimum Gasteiger partial charge on any atom is -0.349 e. The summed E-state index contributed by atoms with van der Waals surface area (Å²) in [6, 6.07) is 8.04. The first-order valence-electron chi connectivity index (χ1n) is 6.84. The number of rotatable bonds is 4. The Balaban J connectivity index is 2.06. The molecule has 1 aromatic carbocycles. The van der Waals surface area contributed by atoms with Crippen molar-refractivity contribution in [3.05, 3.63) is 34.3 Å². The SMILES string of the molecule is CC(NC(=O)C1(CN)CCCC1)c1cccc(Br)c1. The predicted molar refractivity (Wildman–Crippen MR) is 80.7 cm³/mol. The van der Waals surface area contributed by atoms with Crippen molar-refractivity contribution in [3.63, 3.8) is 0 Å². The first kappa shape index (κ1) is 14.5. The molecule has 0 bridgehead atoms. The van der Waals surface area contributed by atoms with E-state index in [4.69, 9.17) is 5.73 Å². The molecule has 0 saturated heterocycles. The van der Waals surface area contributed by atoms with Gasteiger partial charge in [0, 0.05) is 11.0 Å². The molecule has 1 aromatic rings. The second kappa shape index (κ2) is 6.06. The Labute approximate surface area is 123 Å². The zero-order valence-corrected chi connectivity index (χ0v) is 12.9. The third-order valence-corrected chi connectivity index (χ3v) is 4.62. The summed E-state index contributed by atoms with van der Waals surface area (Å²) in [6.45, 7) is 2.46. The number of hydrogen-bond acceptors (Lipinski definition) is 2. The summed E-state index contributed by atoms with van der Waals surface area (Å²) in [5, 5.41) is 3.12. The van der Waals surface area contributed by atoms with Gasteiger partial charge < -0.3 is 11.1 Å². The maximum Gasteiger partial charge on any atom is 0.227 e. The van der Waals surface area contributed by atoms with Crippen molar-refractivity contribution in [1.29, 1.82) is 0 Å². The van der Waals surface area contributed by atoms with Crippen LogP contribution < -0.4 is 11.1 Å². The molecule has 1 unspecified atom stereocenters. The highest BCUT2D eigenvalue weighted by molar-refractivity contribution is 9.10.